The summed E-state index contributed by atoms with van der Waals surface area (Å²) in [6.45, 7) is 5.16. The molecule has 1 aromatic carbocycles. The molecule has 1 rings (SSSR count). The molecule has 0 radical (unpaired) electrons. The van der Waals surface area contributed by atoms with Crippen molar-refractivity contribution in [2.45, 2.75) is 32.4 Å². The fourth-order valence-electron chi connectivity index (χ4n) is 1.89. The monoisotopic (exact) mass is 241 g/mol. The van der Waals surface area contributed by atoms with E-state index in [2.05, 4.69) is 31.3 Å². The van der Waals surface area contributed by atoms with Crippen molar-refractivity contribution in [3.05, 3.63) is 34.9 Å². The van der Waals surface area contributed by atoms with Crippen molar-refractivity contribution in [2.24, 2.45) is 0 Å². The molecule has 0 aliphatic rings. The van der Waals surface area contributed by atoms with Crippen LogP contribution in [0.2, 0.25) is 5.02 Å². The van der Waals surface area contributed by atoms with Crippen molar-refractivity contribution in [2.75, 3.05) is 13.7 Å². The van der Waals surface area contributed by atoms with Crippen LogP contribution in [0.25, 0.3) is 0 Å². The molecular formula is C13H20ClNO. The highest BCUT2D eigenvalue weighted by Gasteiger charge is 2.20. The van der Waals surface area contributed by atoms with Crippen molar-refractivity contribution in [1.29, 1.82) is 0 Å². The predicted molar refractivity (Wildman–Crippen MR) is 69.0 cm³/mol. The molecular weight excluding hydrogens is 222 g/mol. The first-order valence-corrected chi connectivity index (χ1v) is 6.12. The smallest absolute Gasteiger partial charge is 0.0763 e. The third-order valence-electron chi connectivity index (χ3n) is 2.73. The van der Waals surface area contributed by atoms with E-state index in [9.17, 15) is 0 Å². The van der Waals surface area contributed by atoms with Gasteiger partial charge in [0, 0.05) is 12.1 Å². The summed E-state index contributed by atoms with van der Waals surface area (Å²) in [5, 5.41) is 4.22. The van der Waals surface area contributed by atoms with Gasteiger partial charge in [0.15, 0.2) is 0 Å². The Labute approximate surface area is 103 Å². The van der Waals surface area contributed by atoms with Crippen LogP contribution in [0.5, 0.6) is 0 Å². The van der Waals surface area contributed by atoms with Crippen LogP contribution in [0.3, 0.4) is 0 Å². The lowest BCUT2D eigenvalue weighted by Crippen LogP contribution is -2.32. The minimum atomic E-state index is 0.195. The van der Waals surface area contributed by atoms with E-state index >= 15 is 0 Å². The molecule has 0 bridgehead atoms. The Hall–Kier alpha value is -0.570. The summed E-state index contributed by atoms with van der Waals surface area (Å²) >= 11 is 5.89. The van der Waals surface area contributed by atoms with Gasteiger partial charge >= 0.3 is 0 Å². The molecule has 2 unspecified atom stereocenters. The Bertz CT molecular complexity index is 295. The maximum absolute atomic E-state index is 5.89. The van der Waals surface area contributed by atoms with Crippen molar-refractivity contribution in [1.82, 2.24) is 5.32 Å². The van der Waals surface area contributed by atoms with Gasteiger partial charge in [-0.15, -0.1) is 0 Å². The van der Waals surface area contributed by atoms with Crippen molar-refractivity contribution >= 4 is 11.6 Å². The Kier molecular flexibility index (Phi) is 5.81. The Balaban J connectivity index is 2.87. The Morgan fingerprint density at radius 1 is 1.25 bits per heavy atom. The molecule has 2 nitrogen and oxygen atoms in total. The molecule has 0 heterocycles. The Morgan fingerprint density at radius 2 is 1.88 bits per heavy atom. The Morgan fingerprint density at radius 3 is 2.31 bits per heavy atom. The van der Waals surface area contributed by atoms with Gasteiger partial charge in [-0.3, -0.25) is 0 Å². The first-order chi connectivity index (χ1) is 7.72. The fraction of sp³-hybridized carbons (Fsp3) is 0.538. The van der Waals surface area contributed by atoms with Crippen molar-refractivity contribution in [3.63, 3.8) is 0 Å². The van der Waals surface area contributed by atoms with E-state index in [1.807, 2.05) is 12.1 Å². The number of methoxy groups -OCH3 is 1. The van der Waals surface area contributed by atoms with E-state index in [0.717, 1.165) is 18.0 Å². The molecule has 0 fully saturated rings. The zero-order chi connectivity index (χ0) is 12.0. The largest absolute Gasteiger partial charge is 0.379 e. The van der Waals surface area contributed by atoms with Crippen LogP contribution < -0.4 is 5.32 Å². The van der Waals surface area contributed by atoms with Crippen LogP contribution in [0.15, 0.2) is 24.3 Å². The summed E-state index contributed by atoms with van der Waals surface area (Å²) in [6.07, 6.45) is 1.18. The number of hydrogen-bond acceptors (Lipinski definition) is 2. The second-order valence-electron chi connectivity index (χ2n) is 3.77. The minimum absolute atomic E-state index is 0.195. The fourth-order valence-corrected chi connectivity index (χ4v) is 2.02. The molecule has 0 aromatic heterocycles. The average Bonchev–Trinajstić information content (AvgIpc) is 2.31. The van der Waals surface area contributed by atoms with Crippen LogP contribution in [0.4, 0.5) is 0 Å². The topological polar surface area (TPSA) is 21.3 Å². The number of hydrogen-bond donors (Lipinski definition) is 1. The second-order valence-corrected chi connectivity index (χ2v) is 4.21. The molecule has 3 heteroatoms. The molecule has 0 spiro atoms. The lowest BCUT2D eigenvalue weighted by atomic mass is 9.99. The summed E-state index contributed by atoms with van der Waals surface area (Å²) in [5.74, 6) is 0. The van der Waals surface area contributed by atoms with Crippen LogP contribution >= 0.6 is 11.6 Å². The number of nitrogens with one attached hydrogen (secondary N) is 1. The molecule has 0 saturated heterocycles. The number of rotatable bonds is 6. The van der Waals surface area contributed by atoms with Gasteiger partial charge in [0.25, 0.3) is 0 Å². The standard InChI is InChI=1S/C13H20ClNO/c1-4-12(16-3)13(15-5-2)10-6-8-11(14)9-7-10/h6-9,12-13,15H,4-5H2,1-3H3. The lowest BCUT2D eigenvalue weighted by Gasteiger charge is -2.26. The molecule has 0 amide bonds. The van der Waals surface area contributed by atoms with E-state index in [0.29, 0.717) is 0 Å². The summed E-state index contributed by atoms with van der Waals surface area (Å²) in [7, 11) is 1.76. The van der Waals surface area contributed by atoms with E-state index in [1.165, 1.54) is 5.56 Å². The van der Waals surface area contributed by atoms with Gasteiger partial charge < -0.3 is 10.1 Å². The molecule has 16 heavy (non-hydrogen) atoms. The minimum Gasteiger partial charge on any atom is -0.379 e. The second kappa shape index (κ2) is 6.89. The first-order valence-electron chi connectivity index (χ1n) is 5.74. The maximum Gasteiger partial charge on any atom is 0.0763 e. The summed E-state index contributed by atoms with van der Waals surface area (Å²) in [5.41, 5.74) is 1.22. The van der Waals surface area contributed by atoms with E-state index < -0.39 is 0 Å². The van der Waals surface area contributed by atoms with Gasteiger partial charge in [-0.2, -0.15) is 0 Å². The molecule has 0 saturated carbocycles. The molecule has 1 N–H and O–H groups in total. The zero-order valence-electron chi connectivity index (χ0n) is 10.2. The molecule has 90 valence electrons. The number of likely N-dealkylation sites (N-methyl/N-ethyl adjacent to an activating group) is 1. The van der Waals surface area contributed by atoms with Gasteiger partial charge in [-0.1, -0.05) is 37.6 Å². The average molecular weight is 242 g/mol. The summed E-state index contributed by atoms with van der Waals surface area (Å²) in [4.78, 5) is 0. The van der Waals surface area contributed by atoms with Crippen molar-refractivity contribution in [3.8, 4) is 0 Å². The molecule has 2 atom stereocenters. The molecule has 1 aromatic rings. The van der Waals surface area contributed by atoms with Gasteiger partial charge in [0.2, 0.25) is 0 Å². The number of ether oxygens (including phenoxy) is 1. The number of benzene rings is 1. The normalized spacial score (nSPS) is 14.8. The molecule has 0 aliphatic carbocycles. The highest BCUT2D eigenvalue weighted by Crippen LogP contribution is 2.22. The SMILES string of the molecule is CCNC(c1ccc(Cl)cc1)C(CC)OC. The van der Waals surface area contributed by atoms with Gasteiger partial charge in [0.05, 0.1) is 12.1 Å². The van der Waals surface area contributed by atoms with Crippen molar-refractivity contribution < 1.29 is 4.74 Å². The first kappa shape index (κ1) is 13.5. The molecule has 0 aliphatic heterocycles. The summed E-state index contributed by atoms with van der Waals surface area (Å²) < 4.78 is 5.50. The van der Waals surface area contributed by atoms with Crippen LogP contribution in [0, 0.1) is 0 Å². The highest BCUT2D eigenvalue weighted by atomic mass is 35.5. The third kappa shape index (κ3) is 3.48. The predicted octanol–water partition coefficient (Wildman–Crippen LogP) is 3.42. The van der Waals surface area contributed by atoms with Crippen LogP contribution in [-0.2, 0) is 4.74 Å². The van der Waals surface area contributed by atoms with Crippen LogP contribution in [-0.4, -0.2) is 19.8 Å². The van der Waals surface area contributed by atoms with E-state index in [1.54, 1.807) is 7.11 Å². The van der Waals surface area contributed by atoms with Crippen LogP contribution in [0.1, 0.15) is 31.9 Å². The maximum atomic E-state index is 5.89. The summed E-state index contributed by atoms with van der Waals surface area (Å²) in [6, 6.07) is 8.18. The van der Waals surface area contributed by atoms with Gasteiger partial charge in [-0.25, -0.2) is 0 Å². The number of halogens is 1. The third-order valence-corrected chi connectivity index (χ3v) is 2.98. The van der Waals surface area contributed by atoms with Gasteiger partial charge in [-0.05, 0) is 30.7 Å². The van der Waals surface area contributed by atoms with E-state index in [4.69, 9.17) is 16.3 Å². The van der Waals surface area contributed by atoms with Gasteiger partial charge in [0.1, 0.15) is 0 Å². The lowest BCUT2D eigenvalue weighted by molar-refractivity contribution is 0.0656. The zero-order valence-corrected chi connectivity index (χ0v) is 10.9. The quantitative estimate of drug-likeness (QED) is 0.824. The highest BCUT2D eigenvalue weighted by molar-refractivity contribution is 6.30. The van der Waals surface area contributed by atoms with E-state index in [-0.39, 0.29) is 12.1 Å².